The molecule has 4 aliphatic rings. The van der Waals surface area contributed by atoms with Gasteiger partial charge in [0.2, 0.25) is 0 Å². The number of rotatable bonds is 7. The zero-order valence-corrected chi connectivity index (χ0v) is 21.5. The van der Waals surface area contributed by atoms with Crippen LogP contribution in [0.5, 0.6) is 0 Å². The number of likely N-dealkylation sites (N-methyl/N-ethyl adjacent to an activating group) is 1. The molecule has 0 heterocycles. The maximum Gasteiger partial charge on any atom is 0.320 e. The summed E-state index contributed by atoms with van der Waals surface area (Å²) < 4.78 is 6.01. The maximum absolute atomic E-state index is 12.9. The average Bonchev–Trinajstić information content (AvgIpc) is 3.08. The van der Waals surface area contributed by atoms with Gasteiger partial charge in [0.1, 0.15) is 18.3 Å². The summed E-state index contributed by atoms with van der Waals surface area (Å²) in [5, 5.41) is 32.5. The van der Waals surface area contributed by atoms with Crippen molar-refractivity contribution in [3.63, 3.8) is 0 Å². The molecule has 0 aromatic heterocycles. The molecule has 0 aliphatic heterocycles. The number of esters is 1. The number of aliphatic hydroxyl groups is 3. The summed E-state index contributed by atoms with van der Waals surface area (Å²) in [4.78, 5) is 40.1. The molecule has 4 aliphatic carbocycles. The number of hydrogen-bond donors (Lipinski definition) is 3. The topological polar surface area (TPSA) is 124 Å². The molecular weight excluding hydrogens is 450 g/mol. The molecule has 0 spiro atoms. The third-order valence-electron chi connectivity index (χ3n) is 10.3. The highest BCUT2D eigenvalue weighted by Crippen LogP contribution is 2.67. The Hall–Kier alpha value is -1.61. The van der Waals surface area contributed by atoms with Crippen LogP contribution in [0.15, 0.2) is 11.6 Å². The predicted molar refractivity (Wildman–Crippen MR) is 128 cm³/mol. The molecule has 8 atom stereocenters. The highest BCUT2D eigenvalue weighted by atomic mass is 16.5. The smallest absolute Gasteiger partial charge is 0.320 e. The van der Waals surface area contributed by atoms with Crippen molar-refractivity contribution in [2.75, 3.05) is 26.2 Å². The number of ether oxygens (including phenoxy) is 1. The fourth-order valence-electron chi connectivity index (χ4n) is 8.29. The Morgan fingerprint density at radius 3 is 2.51 bits per heavy atom. The summed E-state index contributed by atoms with van der Waals surface area (Å²) in [6.45, 7) is 8.72. The molecule has 3 saturated carbocycles. The minimum atomic E-state index is -1.66. The van der Waals surface area contributed by atoms with E-state index in [2.05, 4.69) is 0 Å². The summed E-state index contributed by atoms with van der Waals surface area (Å²) in [5.74, 6) is -1.28. The van der Waals surface area contributed by atoms with Gasteiger partial charge in [0.15, 0.2) is 11.6 Å². The first-order chi connectivity index (χ1) is 16.5. The lowest BCUT2D eigenvalue weighted by molar-refractivity contribution is -0.197. The third kappa shape index (κ3) is 3.92. The van der Waals surface area contributed by atoms with Crippen LogP contribution >= 0.6 is 0 Å². The lowest BCUT2D eigenvalue weighted by Gasteiger charge is -2.61. The van der Waals surface area contributed by atoms with Gasteiger partial charge in [0, 0.05) is 23.2 Å². The molecule has 3 N–H and O–H groups in total. The molecule has 1 unspecified atom stereocenters. The molecule has 4 rings (SSSR count). The van der Waals surface area contributed by atoms with Crippen LogP contribution in [0.2, 0.25) is 0 Å². The summed E-state index contributed by atoms with van der Waals surface area (Å²) in [6.07, 6.45) is 2.78. The molecule has 0 aromatic carbocycles. The third-order valence-corrected chi connectivity index (χ3v) is 10.3. The van der Waals surface area contributed by atoms with Crippen molar-refractivity contribution in [3.8, 4) is 0 Å². The van der Waals surface area contributed by atoms with Crippen LogP contribution in [0.4, 0.5) is 0 Å². The van der Waals surface area contributed by atoms with Gasteiger partial charge in [-0.1, -0.05) is 33.3 Å². The molecule has 0 saturated heterocycles. The second-order valence-corrected chi connectivity index (χ2v) is 11.6. The Kier molecular flexibility index (Phi) is 7.07. The van der Waals surface area contributed by atoms with Crippen molar-refractivity contribution in [3.05, 3.63) is 11.6 Å². The molecule has 35 heavy (non-hydrogen) atoms. The van der Waals surface area contributed by atoms with E-state index in [0.29, 0.717) is 12.8 Å². The van der Waals surface area contributed by atoms with Crippen molar-refractivity contribution < 1.29 is 34.4 Å². The van der Waals surface area contributed by atoms with Gasteiger partial charge in [-0.3, -0.25) is 19.3 Å². The Morgan fingerprint density at radius 2 is 1.89 bits per heavy atom. The van der Waals surface area contributed by atoms with Crippen LogP contribution in [0.3, 0.4) is 0 Å². The van der Waals surface area contributed by atoms with Gasteiger partial charge in [-0.2, -0.15) is 0 Å². The first kappa shape index (κ1) is 26.5. The largest absolute Gasteiger partial charge is 0.460 e. The van der Waals surface area contributed by atoms with Crippen LogP contribution in [0.1, 0.15) is 66.2 Å². The lowest BCUT2D eigenvalue weighted by Crippen LogP contribution is -2.64. The van der Waals surface area contributed by atoms with E-state index < -0.39 is 41.0 Å². The van der Waals surface area contributed by atoms with Crippen LogP contribution in [0, 0.1) is 28.6 Å². The van der Waals surface area contributed by atoms with Crippen LogP contribution in [-0.2, 0) is 19.1 Å². The Labute approximate surface area is 207 Å². The first-order valence-electron chi connectivity index (χ1n) is 13.2. The average molecular weight is 492 g/mol. The molecule has 8 nitrogen and oxygen atoms in total. The molecule has 8 heteroatoms. The van der Waals surface area contributed by atoms with E-state index in [0.717, 1.165) is 25.1 Å². The van der Waals surface area contributed by atoms with Crippen LogP contribution in [-0.4, -0.2) is 81.8 Å². The highest BCUT2D eigenvalue weighted by Gasteiger charge is 2.69. The fourth-order valence-corrected chi connectivity index (χ4v) is 8.29. The summed E-state index contributed by atoms with van der Waals surface area (Å²) in [5.41, 5.74) is -2.27. The van der Waals surface area contributed by atoms with Gasteiger partial charge < -0.3 is 20.1 Å². The van der Waals surface area contributed by atoms with Gasteiger partial charge in [-0.15, -0.1) is 0 Å². The van der Waals surface area contributed by atoms with E-state index >= 15 is 0 Å². The quantitative estimate of drug-likeness (QED) is 0.459. The number of carbonyl (C=O) groups excluding carboxylic acids is 3. The van der Waals surface area contributed by atoms with Crippen molar-refractivity contribution in [2.45, 2.75) is 84.0 Å². The van der Waals surface area contributed by atoms with Crippen molar-refractivity contribution in [2.24, 2.45) is 28.6 Å². The summed E-state index contributed by atoms with van der Waals surface area (Å²) in [6, 6.07) is 0. The van der Waals surface area contributed by atoms with Gasteiger partial charge in [-0.25, -0.2) is 0 Å². The maximum atomic E-state index is 12.9. The standard InChI is InChI=1S/C27H41NO7/c1-5-28(6-2)14-23(33)35-22-12-17(30)11-16-7-8-18-19-9-10-27(34,21(32)15-29)25(19,3)13-20(31)24(18)26(16,22)4/h11,18-20,22,24,29,31,34H,5-10,12-15H2,1-4H3/t18-,19-,20-,22?,24+,25-,26+,27-/m0/s1. The Balaban J connectivity index is 1.67. The molecular formula is C27H41NO7. The molecule has 196 valence electrons. The van der Waals surface area contributed by atoms with Crippen molar-refractivity contribution in [1.29, 1.82) is 0 Å². The molecule has 3 fully saturated rings. The second-order valence-electron chi connectivity index (χ2n) is 11.6. The Morgan fingerprint density at radius 1 is 1.20 bits per heavy atom. The monoisotopic (exact) mass is 491 g/mol. The fraction of sp³-hybridized carbons (Fsp3) is 0.815. The lowest BCUT2D eigenvalue weighted by atomic mass is 9.44. The van der Waals surface area contributed by atoms with E-state index in [1.807, 2.05) is 32.6 Å². The number of nitrogens with zero attached hydrogens (tertiary/aromatic N) is 1. The minimum absolute atomic E-state index is 0.00334. The van der Waals surface area contributed by atoms with E-state index in [1.165, 1.54) is 0 Å². The number of Topliss-reactive ketones (excluding diaryl/α,β-unsaturated/α-hetero) is 1. The van der Waals surface area contributed by atoms with Gasteiger partial charge in [0.25, 0.3) is 0 Å². The second kappa shape index (κ2) is 9.36. The number of fused-ring (bicyclic) bond motifs is 5. The van der Waals surface area contributed by atoms with Crippen molar-refractivity contribution in [1.82, 2.24) is 4.90 Å². The van der Waals surface area contributed by atoms with E-state index in [9.17, 15) is 29.7 Å². The minimum Gasteiger partial charge on any atom is -0.460 e. The van der Waals surface area contributed by atoms with E-state index in [1.54, 1.807) is 6.08 Å². The number of ketones is 2. The van der Waals surface area contributed by atoms with Gasteiger partial charge in [0.05, 0.1) is 12.6 Å². The molecule has 0 amide bonds. The van der Waals surface area contributed by atoms with Crippen LogP contribution < -0.4 is 0 Å². The van der Waals surface area contributed by atoms with Gasteiger partial charge >= 0.3 is 5.97 Å². The normalized spacial score (nSPS) is 42.7. The number of aliphatic hydroxyl groups excluding tert-OH is 2. The van der Waals surface area contributed by atoms with E-state index in [4.69, 9.17) is 4.74 Å². The SMILES string of the molecule is CCN(CC)CC(=O)OC1CC(=O)C=C2CC[C@@H]3[C@H]([C@@H](O)C[C@@]4(C)[C@H]3CC[C@]4(O)C(=O)CO)[C@]21C. The summed E-state index contributed by atoms with van der Waals surface area (Å²) >= 11 is 0. The Bertz CT molecular complexity index is 913. The zero-order valence-electron chi connectivity index (χ0n) is 21.5. The molecule has 0 radical (unpaired) electrons. The highest BCUT2D eigenvalue weighted by molar-refractivity contribution is 5.93. The van der Waals surface area contributed by atoms with Crippen molar-refractivity contribution >= 4 is 17.5 Å². The molecule has 0 bridgehead atoms. The number of hydrogen-bond acceptors (Lipinski definition) is 8. The molecule has 0 aromatic rings. The zero-order chi connectivity index (χ0) is 25.8. The predicted octanol–water partition coefficient (Wildman–Crippen LogP) is 1.65. The first-order valence-corrected chi connectivity index (χ1v) is 13.2. The summed E-state index contributed by atoms with van der Waals surface area (Å²) in [7, 11) is 0. The van der Waals surface area contributed by atoms with Gasteiger partial charge in [-0.05, 0) is 63.1 Å². The van der Waals surface area contributed by atoms with Crippen LogP contribution in [0.25, 0.3) is 0 Å². The van der Waals surface area contributed by atoms with E-state index in [-0.39, 0.29) is 55.3 Å². The number of carbonyl (C=O) groups is 3.